The number of thioether (sulfide) groups is 1. The number of rotatable bonds is 3. The summed E-state index contributed by atoms with van der Waals surface area (Å²) in [6.07, 6.45) is 2.82. The molecule has 0 fully saturated rings. The minimum Gasteiger partial charge on any atom is -0.308 e. The Morgan fingerprint density at radius 3 is 2.89 bits per heavy atom. The molecule has 2 atom stereocenters. The number of hydrogen-bond acceptors (Lipinski definition) is 4. The molecule has 0 amide bonds. The van der Waals surface area contributed by atoms with Gasteiger partial charge in [-0.2, -0.15) is 0 Å². The number of fused-ring (bicyclic) bond motifs is 1. The minimum absolute atomic E-state index is 0.0145. The normalized spacial score (nSPS) is 28.4. The third-order valence-electron chi connectivity index (χ3n) is 3.25. The van der Waals surface area contributed by atoms with E-state index in [1.807, 2.05) is 11.8 Å². The lowest BCUT2D eigenvalue weighted by Gasteiger charge is -2.13. The van der Waals surface area contributed by atoms with Crippen molar-refractivity contribution < 1.29 is 8.42 Å². The van der Waals surface area contributed by atoms with Gasteiger partial charge in [0.15, 0.2) is 9.84 Å². The highest BCUT2D eigenvalue weighted by Crippen LogP contribution is 2.36. The summed E-state index contributed by atoms with van der Waals surface area (Å²) < 4.78 is 22.6. The van der Waals surface area contributed by atoms with Crippen LogP contribution in [0.4, 0.5) is 0 Å². The first-order chi connectivity index (χ1) is 8.62. The van der Waals surface area contributed by atoms with Crippen molar-refractivity contribution in [1.82, 2.24) is 5.32 Å². The molecule has 0 aromatic heterocycles. The zero-order valence-corrected chi connectivity index (χ0v) is 11.5. The van der Waals surface area contributed by atoms with Crippen molar-refractivity contribution in [3.8, 4) is 0 Å². The van der Waals surface area contributed by atoms with E-state index in [-0.39, 0.29) is 11.8 Å². The van der Waals surface area contributed by atoms with Crippen molar-refractivity contribution in [2.75, 3.05) is 12.3 Å². The smallest absolute Gasteiger partial charge is 0.173 e. The quantitative estimate of drug-likeness (QED) is 0.914. The Bertz CT molecular complexity index is 555. The van der Waals surface area contributed by atoms with E-state index in [4.69, 9.17) is 0 Å². The van der Waals surface area contributed by atoms with E-state index in [1.54, 1.807) is 6.08 Å². The van der Waals surface area contributed by atoms with Gasteiger partial charge in [-0.15, -0.1) is 11.8 Å². The first-order valence-corrected chi connectivity index (χ1v) is 8.61. The molecule has 2 aliphatic heterocycles. The second kappa shape index (κ2) is 4.72. The average molecular weight is 281 g/mol. The zero-order chi connectivity index (χ0) is 12.6. The lowest BCUT2D eigenvalue weighted by Crippen LogP contribution is -2.35. The monoisotopic (exact) mass is 281 g/mol. The molecule has 2 heterocycles. The number of hydrogen-bond donors (Lipinski definition) is 1. The molecule has 18 heavy (non-hydrogen) atoms. The van der Waals surface area contributed by atoms with Gasteiger partial charge in [0.2, 0.25) is 0 Å². The molecule has 0 bridgehead atoms. The van der Waals surface area contributed by atoms with E-state index in [1.165, 1.54) is 15.9 Å². The van der Waals surface area contributed by atoms with Crippen LogP contribution in [0.1, 0.15) is 5.56 Å². The first kappa shape index (κ1) is 12.3. The van der Waals surface area contributed by atoms with E-state index in [2.05, 4.69) is 29.6 Å². The van der Waals surface area contributed by atoms with Crippen LogP contribution in [-0.4, -0.2) is 32.0 Å². The lowest BCUT2D eigenvalue weighted by molar-refractivity contribution is 0.587. The number of nitrogens with one attached hydrogen (secondary N) is 1. The highest BCUT2D eigenvalue weighted by atomic mass is 32.2. The summed E-state index contributed by atoms with van der Waals surface area (Å²) in [5.74, 6) is 0.206. The fourth-order valence-corrected chi connectivity index (χ4v) is 4.88. The number of sulfone groups is 1. The molecule has 0 radical (unpaired) electrons. The van der Waals surface area contributed by atoms with Gasteiger partial charge >= 0.3 is 0 Å². The van der Waals surface area contributed by atoms with Gasteiger partial charge in [-0.05, 0) is 18.1 Å². The van der Waals surface area contributed by atoms with E-state index in [0.29, 0.717) is 5.25 Å². The zero-order valence-electron chi connectivity index (χ0n) is 9.87. The maximum atomic E-state index is 11.3. The second-order valence-electron chi connectivity index (χ2n) is 4.72. The Balaban J connectivity index is 1.54. The van der Waals surface area contributed by atoms with Gasteiger partial charge in [-0.25, -0.2) is 8.42 Å². The summed E-state index contributed by atoms with van der Waals surface area (Å²) in [4.78, 5) is 1.36. The summed E-state index contributed by atoms with van der Waals surface area (Å²) in [7, 11) is -2.94. The van der Waals surface area contributed by atoms with Gasteiger partial charge in [0.1, 0.15) is 0 Å². The van der Waals surface area contributed by atoms with Crippen molar-refractivity contribution in [3.63, 3.8) is 0 Å². The topological polar surface area (TPSA) is 46.2 Å². The second-order valence-corrected chi connectivity index (χ2v) is 8.00. The molecule has 0 saturated carbocycles. The molecular formula is C13H15NO2S2. The lowest BCUT2D eigenvalue weighted by atomic mass is 10.1. The summed E-state index contributed by atoms with van der Waals surface area (Å²) in [6.45, 7) is 0.851. The van der Waals surface area contributed by atoms with E-state index in [0.717, 1.165) is 13.0 Å². The fourth-order valence-electron chi connectivity index (χ4n) is 2.35. The molecule has 96 valence electrons. The van der Waals surface area contributed by atoms with Crippen LogP contribution in [0, 0.1) is 0 Å². The summed E-state index contributed by atoms with van der Waals surface area (Å²) in [5, 5.41) is 5.16. The highest BCUT2D eigenvalue weighted by Gasteiger charge is 2.25. The molecule has 0 saturated heterocycles. The van der Waals surface area contributed by atoms with Crippen LogP contribution in [0.3, 0.4) is 0 Å². The standard InChI is InChI=1S/C13H15NO2S2/c15-18(16)6-5-11(9-18)14-8-12-7-10-3-1-2-4-13(10)17-12/h1-6,11-12,14H,7-9H2. The Morgan fingerprint density at radius 2 is 2.17 bits per heavy atom. The Morgan fingerprint density at radius 1 is 1.33 bits per heavy atom. The average Bonchev–Trinajstić information content (AvgIpc) is 2.89. The number of benzene rings is 1. The maximum Gasteiger partial charge on any atom is 0.173 e. The highest BCUT2D eigenvalue weighted by molar-refractivity contribution is 8.00. The van der Waals surface area contributed by atoms with Crippen LogP contribution in [-0.2, 0) is 16.3 Å². The minimum atomic E-state index is -2.94. The van der Waals surface area contributed by atoms with Crippen LogP contribution >= 0.6 is 11.8 Å². The van der Waals surface area contributed by atoms with Crippen molar-refractivity contribution >= 4 is 21.6 Å². The summed E-state index contributed by atoms with van der Waals surface area (Å²) >= 11 is 1.88. The van der Waals surface area contributed by atoms with Crippen LogP contribution < -0.4 is 5.32 Å². The van der Waals surface area contributed by atoms with Gasteiger partial charge in [0, 0.05) is 28.1 Å². The van der Waals surface area contributed by atoms with E-state index in [9.17, 15) is 8.42 Å². The molecule has 1 N–H and O–H groups in total. The van der Waals surface area contributed by atoms with Crippen LogP contribution in [0.25, 0.3) is 0 Å². The Labute approximate surface area is 112 Å². The van der Waals surface area contributed by atoms with E-state index < -0.39 is 9.84 Å². The predicted octanol–water partition coefficient (Wildman–Crippen LogP) is 1.60. The Kier molecular flexibility index (Phi) is 3.21. The molecule has 2 aliphatic rings. The van der Waals surface area contributed by atoms with Crippen LogP contribution in [0.2, 0.25) is 0 Å². The SMILES string of the molecule is O=S1(=O)C=CC(NCC2Cc3ccccc3S2)C1. The largest absolute Gasteiger partial charge is 0.308 e. The van der Waals surface area contributed by atoms with Crippen LogP contribution in [0.15, 0.2) is 40.6 Å². The maximum absolute atomic E-state index is 11.3. The van der Waals surface area contributed by atoms with E-state index >= 15 is 0 Å². The molecule has 2 unspecified atom stereocenters. The fraction of sp³-hybridized carbons (Fsp3) is 0.385. The van der Waals surface area contributed by atoms with Crippen molar-refractivity contribution in [3.05, 3.63) is 41.3 Å². The van der Waals surface area contributed by atoms with Gasteiger partial charge < -0.3 is 5.32 Å². The summed E-state index contributed by atoms with van der Waals surface area (Å²) in [6, 6.07) is 8.44. The molecule has 0 aliphatic carbocycles. The molecule has 3 rings (SSSR count). The molecule has 3 nitrogen and oxygen atoms in total. The van der Waals surface area contributed by atoms with Gasteiger partial charge in [0.25, 0.3) is 0 Å². The van der Waals surface area contributed by atoms with Gasteiger partial charge in [-0.1, -0.05) is 24.3 Å². The molecule has 1 aromatic carbocycles. The first-order valence-electron chi connectivity index (χ1n) is 6.01. The Hall–Kier alpha value is -0.780. The molecular weight excluding hydrogens is 266 g/mol. The van der Waals surface area contributed by atoms with Crippen LogP contribution in [0.5, 0.6) is 0 Å². The predicted molar refractivity (Wildman–Crippen MR) is 74.5 cm³/mol. The van der Waals surface area contributed by atoms with Gasteiger partial charge in [-0.3, -0.25) is 0 Å². The third-order valence-corrected chi connectivity index (χ3v) is 5.97. The van der Waals surface area contributed by atoms with Crippen molar-refractivity contribution in [2.24, 2.45) is 0 Å². The molecule has 1 aromatic rings. The molecule has 5 heteroatoms. The summed E-state index contributed by atoms with van der Waals surface area (Å²) in [5.41, 5.74) is 1.41. The third kappa shape index (κ3) is 2.63. The van der Waals surface area contributed by atoms with Crippen molar-refractivity contribution in [1.29, 1.82) is 0 Å². The molecule has 0 spiro atoms. The van der Waals surface area contributed by atoms with Gasteiger partial charge in [0.05, 0.1) is 5.75 Å². The van der Waals surface area contributed by atoms with Crippen molar-refractivity contribution in [2.45, 2.75) is 22.6 Å².